The van der Waals surface area contributed by atoms with Crippen molar-refractivity contribution in [2.45, 2.75) is 24.9 Å². The highest BCUT2D eigenvalue weighted by molar-refractivity contribution is 5.74. The Labute approximate surface area is 89.9 Å². The Morgan fingerprint density at radius 3 is 3.00 bits per heavy atom. The molecule has 3 N–H and O–H groups in total. The fourth-order valence-corrected chi connectivity index (χ4v) is 2.50. The van der Waals surface area contributed by atoms with Crippen LogP contribution in [0.2, 0.25) is 0 Å². The molecule has 0 aromatic carbocycles. The number of hydrogen-bond donors (Lipinski definition) is 3. The second-order valence-corrected chi connectivity index (χ2v) is 4.35. The standard InChI is InChI=1S/C10H19N3O2/c1-15-3-2-11-10(14)13-9-5-7-4-8(9)12-6-7/h7-9,12H,2-6H2,1H3,(H2,11,13,14). The molecule has 2 fully saturated rings. The van der Waals surface area contributed by atoms with Crippen LogP contribution in [0.3, 0.4) is 0 Å². The molecule has 86 valence electrons. The van der Waals surface area contributed by atoms with Crippen molar-refractivity contribution in [3.63, 3.8) is 0 Å². The minimum atomic E-state index is -0.0774. The van der Waals surface area contributed by atoms with Crippen LogP contribution < -0.4 is 16.0 Å². The van der Waals surface area contributed by atoms with Gasteiger partial charge in [-0.15, -0.1) is 0 Å². The molecule has 3 unspecified atom stereocenters. The van der Waals surface area contributed by atoms with Crippen LogP contribution in [0.15, 0.2) is 0 Å². The molecule has 0 aromatic heterocycles. The van der Waals surface area contributed by atoms with Crippen LogP contribution in [0, 0.1) is 5.92 Å². The minimum Gasteiger partial charge on any atom is -0.383 e. The molecule has 1 heterocycles. The van der Waals surface area contributed by atoms with E-state index in [1.807, 2.05) is 0 Å². The molecule has 2 amide bonds. The van der Waals surface area contributed by atoms with E-state index in [1.54, 1.807) is 7.11 Å². The van der Waals surface area contributed by atoms with Gasteiger partial charge < -0.3 is 20.7 Å². The third-order valence-electron chi connectivity index (χ3n) is 3.24. The zero-order valence-corrected chi connectivity index (χ0v) is 9.08. The smallest absolute Gasteiger partial charge is 0.315 e. The van der Waals surface area contributed by atoms with E-state index in [9.17, 15) is 4.79 Å². The minimum absolute atomic E-state index is 0.0774. The van der Waals surface area contributed by atoms with Crippen molar-refractivity contribution in [3.05, 3.63) is 0 Å². The van der Waals surface area contributed by atoms with E-state index in [2.05, 4.69) is 16.0 Å². The van der Waals surface area contributed by atoms with E-state index in [1.165, 1.54) is 6.42 Å². The van der Waals surface area contributed by atoms with Crippen molar-refractivity contribution in [1.82, 2.24) is 16.0 Å². The number of methoxy groups -OCH3 is 1. The summed E-state index contributed by atoms with van der Waals surface area (Å²) < 4.78 is 4.86. The number of ether oxygens (including phenoxy) is 1. The third-order valence-corrected chi connectivity index (χ3v) is 3.24. The van der Waals surface area contributed by atoms with Gasteiger partial charge in [-0.25, -0.2) is 4.79 Å². The molecule has 5 nitrogen and oxygen atoms in total. The van der Waals surface area contributed by atoms with E-state index >= 15 is 0 Å². The first-order chi connectivity index (χ1) is 7.29. The highest BCUT2D eigenvalue weighted by atomic mass is 16.5. The summed E-state index contributed by atoms with van der Waals surface area (Å²) in [5, 5.41) is 9.18. The van der Waals surface area contributed by atoms with Gasteiger partial charge in [0.25, 0.3) is 0 Å². The van der Waals surface area contributed by atoms with Crippen molar-refractivity contribution < 1.29 is 9.53 Å². The van der Waals surface area contributed by atoms with Crippen molar-refractivity contribution in [2.75, 3.05) is 26.8 Å². The number of hydrogen-bond acceptors (Lipinski definition) is 3. The third kappa shape index (κ3) is 2.60. The van der Waals surface area contributed by atoms with Crippen LogP contribution >= 0.6 is 0 Å². The van der Waals surface area contributed by atoms with Crippen LogP contribution in [0.5, 0.6) is 0 Å². The Balaban J connectivity index is 1.66. The highest BCUT2D eigenvalue weighted by Gasteiger charge is 2.39. The first-order valence-electron chi connectivity index (χ1n) is 5.56. The molecule has 1 aliphatic carbocycles. The highest BCUT2D eigenvalue weighted by Crippen LogP contribution is 2.30. The molecule has 5 heteroatoms. The molecular formula is C10H19N3O2. The normalized spacial score (nSPS) is 33.0. The quantitative estimate of drug-likeness (QED) is 0.561. The van der Waals surface area contributed by atoms with Gasteiger partial charge >= 0.3 is 6.03 Å². The van der Waals surface area contributed by atoms with Gasteiger partial charge in [0.05, 0.1) is 6.61 Å². The van der Waals surface area contributed by atoms with Crippen LogP contribution in [0.1, 0.15) is 12.8 Å². The number of carbonyl (C=O) groups is 1. The summed E-state index contributed by atoms with van der Waals surface area (Å²) in [5.74, 6) is 0.763. The number of urea groups is 1. The first kappa shape index (κ1) is 10.7. The lowest BCUT2D eigenvalue weighted by molar-refractivity contribution is 0.194. The second-order valence-electron chi connectivity index (χ2n) is 4.35. The summed E-state index contributed by atoms with van der Waals surface area (Å²) in [5.41, 5.74) is 0. The van der Waals surface area contributed by atoms with Gasteiger partial charge in [-0.2, -0.15) is 0 Å². The fourth-order valence-electron chi connectivity index (χ4n) is 2.50. The topological polar surface area (TPSA) is 62.4 Å². The van der Waals surface area contributed by atoms with Crippen molar-refractivity contribution in [2.24, 2.45) is 5.92 Å². The van der Waals surface area contributed by atoms with Gasteiger partial charge in [-0.05, 0) is 25.3 Å². The lowest BCUT2D eigenvalue weighted by Gasteiger charge is -2.24. The van der Waals surface area contributed by atoms with Gasteiger partial charge in [-0.1, -0.05) is 0 Å². The number of amides is 2. The molecule has 0 aromatic rings. The first-order valence-corrected chi connectivity index (χ1v) is 5.56. The second kappa shape index (κ2) is 4.81. The van der Waals surface area contributed by atoms with Gasteiger partial charge in [0, 0.05) is 25.7 Å². The molecule has 2 rings (SSSR count). The maximum absolute atomic E-state index is 11.4. The Morgan fingerprint density at radius 2 is 2.40 bits per heavy atom. The van der Waals surface area contributed by atoms with Crippen LogP contribution in [0.25, 0.3) is 0 Å². The van der Waals surface area contributed by atoms with Gasteiger partial charge in [-0.3, -0.25) is 0 Å². The number of carbonyl (C=O) groups excluding carboxylic acids is 1. The zero-order chi connectivity index (χ0) is 10.7. The molecule has 2 bridgehead atoms. The van der Waals surface area contributed by atoms with Crippen LogP contribution in [-0.2, 0) is 4.74 Å². The monoisotopic (exact) mass is 213 g/mol. The SMILES string of the molecule is COCCNC(=O)NC1CC2CNC1C2. The van der Waals surface area contributed by atoms with Crippen molar-refractivity contribution in [1.29, 1.82) is 0 Å². The maximum Gasteiger partial charge on any atom is 0.315 e. The van der Waals surface area contributed by atoms with Crippen molar-refractivity contribution in [3.8, 4) is 0 Å². The number of nitrogens with one attached hydrogen (secondary N) is 3. The summed E-state index contributed by atoms with van der Waals surface area (Å²) in [6, 6.07) is 0.723. The average molecular weight is 213 g/mol. The molecule has 0 radical (unpaired) electrons. The molecule has 15 heavy (non-hydrogen) atoms. The number of rotatable bonds is 4. The van der Waals surface area contributed by atoms with E-state index in [0.29, 0.717) is 25.2 Å². The van der Waals surface area contributed by atoms with Gasteiger partial charge in [0.15, 0.2) is 0 Å². The molecule has 1 saturated heterocycles. The molecule has 1 saturated carbocycles. The van der Waals surface area contributed by atoms with Gasteiger partial charge in [0.2, 0.25) is 0 Å². The molecule has 2 aliphatic rings. The van der Waals surface area contributed by atoms with Crippen LogP contribution in [-0.4, -0.2) is 44.9 Å². The zero-order valence-electron chi connectivity index (χ0n) is 9.08. The summed E-state index contributed by atoms with van der Waals surface area (Å²) in [6.07, 6.45) is 2.33. The Hall–Kier alpha value is -0.810. The predicted octanol–water partition coefficient (Wildman–Crippen LogP) is -0.318. The summed E-state index contributed by atoms with van der Waals surface area (Å²) in [7, 11) is 1.62. The van der Waals surface area contributed by atoms with Crippen molar-refractivity contribution >= 4 is 6.03 Å². The molecule has 0 spiro atoms. The van der Waals surface area contributed by atoms with Crippen LogP contribution in [0.4, 0.5) is 4.79 Å². The molecule has 3 atom stereocenters. The maximum atomic E-state index is 11.4. The van der Waals surface area contributed by atoms with E-state index in [4.69, 9.17) is 4.74 Å². The molecule has 1 aliphatic heterocycles. The fraction of sp³-hybridized carbons (Fsp3) is 0.900. The van der Waals surface area contributed by atoms with E-state index in [0.717, 1.165) is 18.9 Å². The summed E-state index contributed by atoms with van der Waals surface area (Å²) >= 11 is 0. The largest absolute Gasteiger partial charge is 0.383 e. The summed E-state index contributed by atoms with van der Waals surface area (Å²) in [4.78, 5) is 11.4. The van der Waals surface area contributed by atoms with E-state index in [-0.39, 0.29) is 6.03 Å². The van der Waals surface area contributed by atoms with Gasteiger partial charge in [0.1, 0.15) is 0 Å². The lowest BCUT2D eigenvalue weighted by Crippen LogP contribution is -2.51. The predicted molar refractivity (Wildman–Crippen MR) is 56.7 cm³/mol. The molecular weight excluding hydrogens is 194 g/mol. The number of fused-ring (bicyclic) bond motifs is 2. The Kier molecular flexibility index (Phi) is 3.43. The number of piperidine rings is 1. The Morgan fingerprint density at radius 1 is 1.53 bits per heavy atom. The summed E-state index contributed by atoms with van der Waals surface area (Å²) in [6.45, 7) is 2.24. The Bertz CT molecular complexity index is 235. The lowest BCUT2D eigenvalue weighted by atomic mass is 10.1. The average Bonchev–Trinajstić information content (AvgIpc) is 2.79. The van der Waals surface area contributed by atoms with E-state index < -0.39 is 0 Å².